The van der Waals surface area contributed by atoms with Gasteiger partial charge in [-0.1, -0.05) is 0 Å². The summed E-state index contributed by atoms with van der Waals surface area (Å²) in [6, 6.07) is 0. The van der Waals surface area contributed by atoms with E-state index < -0.39 is 26.8 Å². The third kappa shape index (κ3) is 4.63. The number of amides is 1. The molecule has 1 amide bonds. The van der Waals surface area contributed by atoms with Crippen molar-refractivity contribution in [2.75, 3.05) is 20.4 Å². The second kappa shape index (κ2) is 5.35. The molecule has 0 aliphatic rings. The minimum Gasteiger partial charge on any atom is -0.361 e. The average Bonchev–Trinajstić information content (AvgIpc) is 2.12. The molecule has 17 heavy (non-hydrogen) atoms. The molecule has 0 aliphatic heterocycles. The van der Waals surface area contributed by atoms with Gasteiger partial charge in [0, 0.05) is 20.4 Å². The van der Waals surface area contributed by atoms with Crippen molar-refractivity contribution in [1.29, 1.82) is 0 Å². The predicted molar refractivity (Wildman–Crippen MR) is 67.6 cm³/mol. The number of sulfone groups is 1. The van der Waals surface area contributed by atoms with Gasteiger partial charge in [-0.3, -0.25) is 4.79 Å². The molecule has 0 aromatic heterocycles. The highest BCUT2D eigenvalue weighted by atomic mass is 32.2. The van der Waals surface area contributed by atoms with Crippen molar-refractivity contribution in [1.82, 2.24) is 4.90 Å². The molecule has 0 bridgehead atoms. The minimum absolute atomic E-state index is 0.190. The first-order chi connectivity index (χ1) is 7.39. The van der Waals surface area contributed by atoms with Gasteiger partial charge >= 0.3 is 0 Å². The van der Waals surface area contributed by atoms with Crippen molar-refractivity contribution in [3.63, 3.8) is 0 Å². The van der Waals surface area contributed by atoms with Gasteiger partial charge in [-0.25, -0.2) is 8.42 Å². The molecule has 0 N–H and O–H groups in total. The van der Waals surface area contributed by atoms with Gasteiger partial charge in [-0.15, -0.1) is 0 Å². The highest BCUT2D eigenvalue weighted by Gasteiger charge is 2.35. The summed E-state index contributed by atoms with van der Waals surface area (Å²) < 4.78 is 28.4. The van der Waals surface area contributed by atoms with Gasteiger partial charge in [-0.2, -0.15) is 0 Å². The zero-order valence-corrected chi connectivity index (χ0v) is 12.5. The molecular weight excluding hydrogens is 242 g/mol. The van der Waals surface area contributed by atoms with Crippen molar-refractivity contribution in [3.8, 4) is 0 Å². The van der Waals surface area contributed by atoms with E-state index in [1.807, 2.05) is 0 Å². The van der Waals surface area contributed by atoms with E-state index in [4.69, 9.17) is 4.74 Å². The first kappa shape index (κ1) is 16.4. The largest absolute Gasteiger partial charge is 0.361 e. The molecule has 5 nitrogen and oxygen atoms in total. The molecule has 102 valence electrons. The molecule has 0 aromatic rings. The quantitative estimate of drug-likeness (QED) is 0.734. The molecule has 2 atom stereocenters. The highest BCUT2D eigenvalue weighted by Crippen LogP contribution is 2.19. The smallest absolute Gasteiger partial charge is 0.253 e. The normalized spacial score (nSPS) is 16.4. The molecular formula is C11H23NO4S. The third-order valence-corrected chi connectivity index (χ3v) is 4.47. The van der Waals surface area contributed by atoms with Crippen molar-refractivity contribution in [3.05, 3.63) is 0 Å². The Balaban J connectivity index is 4.80. The summed E-state index contributed by atoms with van der Waals surface area (Å²) in [6.45, 7) is 6.52. The van der Waals surface area contributed by atoms with Gasteiger partial charge in [0.2, 0.25) is 0 Å². The van der Waals surface area contributed by atoms with Gasteiger partial charge < -0.3 is 9.64 Å². The van der Waals surface area contributed by atoms with E-state index in [1.54, 1.807) is 41.8 Å². The van der Waals surface area contributed by atoms with Gasteiger partial charge in [0.25, 0.3) is 5.91 Å². The maximum Gasteiger partial charge on any atom is 0.253 e. The molecule has 0 aromatic carbocycles. The minimum atomic E-state index is -3.17. The van der Waals surface area contributed by atoms with Gasteiger partial charge in [0.05, 0.1) is 11.4 Å². The number of nitrogens with zero attached hydrogens (tertiary/aromatic N) is 1. The molecule has 6 heteroatoms. The summed E-state index contributed by atoms with van der Waals surface area (Å²) in [5.41, 5.74) is -1.03. The molecule has 1 unspecified atom stereocenters. The maximum absolute atomic E-state index is 11.8. The fourth-order valence-corrected chi connectivity index (χ4v) is 2.25. The van der Waals surface area contributed by atoms with Crippen LogP contribution in [-0.4, -0.2) is 56.5 Å². The van der Waals surface area contributed by atoms with Crippen LogP contribution in [-0.2, 0) is 19.4 Å². The standard InChI is InChI=1S/C11H23NO4S/c1-8(9(2)17(7,14)15)16-11(3,4)10(13)12(5)6/h8-9H,1-7H3/t8-,9?/m1/s1. The monoisotopic (exact) mass is 265 g/mol. The van der Waals surface area contributed by atoms with E-state index in [-0.39, 0.29) is 5.91 Å². The second-order valence-corrected chi connectivity index (χ2v) is 7.47. The number of carbonyl (C=O) groups excluding carboxylic acids is 1. The van der Waals surface area contributed by atoms with Crippen molar-refractivity contribution >= 4 is 15.7 Å². The topological polar surface area (TPSA) is 63.7 Å². The van der Waals surface area contributed by atoms with Gasteiger partial charge in [0.1, 0.15) is 5.60 Å². The number of ether oxygens (including phenoxy) is 1. The fraction of sp³-hybridized carbons (Fsp3) is 0.909. The fourth-order valence-electron chi connectivity index (χ4n) is 1.50. The Labute approximate surface area is 104 Å². The van der Waals surface area contributed by atoms with E-state index in [2.05, 4.69) is 0 Å². The van der Waals surface area contributed by atoms with E-state index in [0.717, 1.165) is 6.26 Å². The Morgan fingerprint density at radius 2 is 1.65 bits per heavy atom. The van der Waals surface area contributed by atoms with E-state index in [0.29, 0.717) is 0 Å². The second-order valence-electron chi connectivity index (χ2n) is 5.07. The Hall–Kier alpha value is -0.620. The van der Waals surface area contributed by atoms with Crippen molar-refractivity contribution in [2.45, 2.75) is 44.6 Å². The molecule has 0 saturated heterocycles. The lowest BCUT2D eigenvalue weighted by Gasteiger charge is -2.32. The Morgan fingerprint density at radius 1 is 1.24 bits per heavy atom. The van der Waals surface area contributed by atoms with E-state index in [1.165, 1.54) is 4.90 Å². The predicted octanol–water partition coefficient (Wildman–Crippen LogP) is 0.691. The van der Waals surface area contributed by atoms with Crippen LogP contribution in [0, 0.1) is 0 Å². The number of rotatable bonds is 5. The lowest BCUT2D eigenvalue weighted by molar-refractivity contribution is -0.157. The van der Waals surface area contributed by atoms with Gasteiger partial charge in [0.15, 0.2) is 9.84 Å². The zero-order chi connectivity index (χ0) is 14.0. The summed E-state index contributed by atoms with van der Waals surface area (Å²) in [4.78, 5) is 13.3. The van der Waals surface area contributed by atoms with Crippen molar-refractivity contribution < 1.29 is 17.9 Å². The SMILES string of the molecule is CC([C@@H](C)OC(C)(C)C(=O)N(C)C)S(C)(=O)=O. The summed E-state index contributed by atoms with van der Waals surface area (Å²) in [5, 5.41) is -0.642. The van der Waals surface area contributed by atoms with Crippen LogP contribution in [0.25, 0.3) is 0 Å². The average molecular weight is 265 g/mol. The number of hydrogen-bond acceptors (Lipinski definition) is 4. The molecule has 0 rings (SSSR count). The van der Waals surface area contributed by atoms with E-state index in [9.17, 15) is 13.2 Å². The lowest BCUT2D eigenvalue weighted by Crippen LogP contribution is -2.47. The summed E-state index contributed by atoms with van der Waals surface area (Å²) in [7, 11) is 0.104. The van der Waals surface area contributed by atoms with Crippen LogP contribution < -0.4 is 0 Å². The number of carbonyl (C=O) groups is 1. The molecule has 0 radical (unpaired) electrons. The van der Waals surface area contributed by atoms with Crippen LogP contribution in [0.3, 0.4) is 0 Å². The van der Waals surface area contributed by atoms with Crippen LogP contribution in [0.15, 0.2) is 0 Å². The third-order valence-electron chi connectivity index (χ3n) is 2.74. The molecule has 0 heterocycles. The van der Waals surface area contributed by atoms with Crippen molar-refractivity contribution in [2.24, 2.45) is 0 Å². The first-order valence-corrected chi connectivity index (χ1v) is 7.43. The lowest BCUT2D eigenvalue weighted by atomic mass is 10.1. The summed E-state index contributed by atoms with van der Waals surface area (Å²) >= 11 is 0. The maximum atomic E-state index is 11.8. The zero-order valence-electron chi connectivity index (χ0n) is 11.6. The first-order valence-electron chi connectivity index (χ1n) is 5.48. The summed E-state index contributed by atoms with van der Waals surface area (Å²) in [6.07, 6.45) is 0.627. The number of hydrogen-bond donors (Lipinski definition) is 0. The Morgan fingerprint density at radius 3 is 1.94 bits per heavy atom. The highest BCUT2D eigenvalue weighted by molar-refractivity contribution is 7.91. The molecule has 0 saturated carbocycles. The van der Waals surface area contributed by atoms with Crippen LogP contribution in [0.2, 0.25) is 0 Å². The van der Waals surface area contributed by atoms with Gasteiger partial charge in [-0.05, 0) is 27.7 Å². The molecule has 0 fully saturated rings. The van der Waals surface area contributed by atoms with Crippen LogP contribution in [0.4, 0.5) is 0 Å². The Bertz CT molecular complexity index is 373. The van der Waals surface area contributed by atoms with Crippen LogP contribution >= 0.6 is 0 Å². The van der Waals surface area contributed by atoms with E-state index >= 15 is 0 Å². The van der Waals surface area contributed by atoms with Crippen LogP contribution in [0.1, 0.15) is 27.7 Å². The van der Waals surface area contributed by atoms with Crippen LogP contribution in [0.5, 0.6) is 0 Å². The summed E-state index contributed by atoms with van der Waals surface area (Å²) in [5.74, 6) is -0.190. The molecule has 0 aliphatic carbocycles. The Kier molecular flexibility index (Phi) is 5.16. The molecule has 0 spiro atoms. The number of likely N-dealkylation sites (N-methyl/N-ethyl adjacent to an activating group) is 1.